The topological polar surface area (TPSA) is 66.8 Å². The van der Waals surface area contributed by atoms with Crippen molar-refractivity contribution in [2.75, 3.05) is 6.54 Å². The average Bonchev–Trinajstić information content (AvgIpc) is 2.67. The Bertz CT molecular complexity index is 775. The Morgan fingerprint density at radius 3 is 2.65 bits per heavy atom. The lowest BCUT2D eigenvalue weighted by molar-refractivity contribution is -0.144. The number of carboxylic acid groups (broad SMARTS) is 1. The van der Waals surface area contributed by atoms with Gasteiger partial charge in [0, 0.05) is 18.2 Å². The van der Waals surface area contributed by atoms with Gasteiger partial charge in [-0.25, -0.2) is 0 Å². The van der Waals surface area contributed by atoms with Gasteiger partial charge in [-0.2, -0.15) is 0 Å². The molecule has 1 heterocycles. The van der Waals surface area contributed by atoms with Gasteiger partial charge in [0.2, 0.25) is 0 Å². The Kier molecular flexibility index (Phi) is 5.56. The second-order valence-corrected chi connectivity index (χ2v) is 6.63. The summed E-state index contributed by atoms with van der Waals surface area (Å²) >= 11 is 0. The van der Waals surface area contributed by atoms with Gasteiger partial charge in [-0.05, 0) is 43.5 Å². The number of carbonyl (C=O) groups excluding carboxylic acids is 1. The van der Waals surface area contributed by atoms with E-state index < -0.39 is 11.9 Å². The number of likely N-dealkylation sites (tertiary alicyclic amines) is 1. The van der Waals surface area contributed by atoms with Crippen molar-refractivity contribution in [3.63, 3.8) is 0 Å². The molecule has 5 nitrogen and oxygen atoms in total. The number of aliphatic carboxylic acids is 1. The van der Waals surface area contributed by atoms with Crippen molar-refractivity contribution in [2.24, 2.45) is 5.92 Å². The number of carbonyl (C=O) groups is 2. The second kappa shape index (κ2) is 8.04. The third-order valence-electron chi connectivity index (χ3n) is 4.90. The van der Waals surface area contributed by atoms with Crippen molar-refractivity contribution in [2.45, 2.75) is 32.4 Å². The molecule has 136 valence electrons. The van der Waals surface area contributed by atoms with Crippen LogP contribution in [0.25, 0.3) is 0 Å². The lowest BCUT2D eigenvalue weighted by Crippen LogP contribution is -2.49. The number of rotatable bonds is 5. The second-order valence-electron chi connectivity index (χ2n) is 6.63. The Balaban J connectivity index is 1.70. The number of ether oxygens (including phenoxy) is 1. The summed E-state index contributed by atoms with van der Waals surface area (Å²) in [6.45, 7) is 2.82. The first-order valence-corrected chi connectivity index (χ1v) is 8.87. The maximum Gasteiger partial charge on any atom is 0.308 e. The molecule has 2 atom stereocenters. The van der Waals surface area contributed by atoms with Gasteiger partial charge in [0.15, 0.2) is 0 Å². The first kappa shape index (κ1) is 18.0. The summed E-state index contributed by atoms with van der Waals surface area (Å²) < 4.78 is 5.79. The highest BCUT2D eigenvalue weighted by atomic mass is 16.5. The third kappa shape index (κ3) is 4.04. The Morgan fingerprint density at radius 2 is 1.92 bits per heavy atom. The Hall–Kier alpha value is -2.82. The largest absolute Gasteiger partial charge is 0.489 e. The summed E-state index contributed by atoms with van der Waals surface area (Å²) in [6.07, 6.45) is 1.32. The van der Waals surface area contributed by atoms with Crippen molar-refractivity contribution in [1.29, 1.82) is 0 Å². The Morgan fingerprint density at radius 1 is 1.15 bits per heavy atom. The first-order valence-electron chi connectivity index (χ1n) is 8.87. The van der Waals surface area contributed by atoms with Gasteiger partial charge in [-0.3, -0.25) is 9.59 Å². The van der Waals surface area contributed by atoms with E-state index in [1.165, 1.54) is 0 Å². The lowest BCUT2D eigenvalue weighted by Gasteiger charge is -2.37. The number of hydrogen-bond acceptors (Lipinski definition) is 3. The third-order valence-corrected chi connectivity index (χ3v) is 4.90. The van der Waals surface area contributed by atoms with E-state index in [1.54, 1.807) is 23.1 Å². The Labute approximate surface area is 153 Å². The van der Waals surface area contributed by atoms with Gasteiger partial charge in [0.05, 0.1) is 5.92 Å². The van der Waals surface area contributed by atoms with Crippen LogP contribution in [0.2, 0.25) is 0 Å². The minimum absolute atomic E-state index is 0.145. The highest BCUT2D eigenvalue weighted by molar-refractivity contribution is 5.95. The summed E-state index contributed by atoms with van der Waals surface area (Å²) in [7, 11) is 0. The normalized spacial score (nSPS) is 19.8. The van der Waals surface area contributed by atoms with Crippen LogP contribution in [0.4, 0.5) is 0 Å². The quantitative estimate of drug-likeness (QED) is 0.892. The zero-order valence-electron chi connectivity index (χ0n) is 14.8. The van der Waals surface area contributed by atoms with Gasteiger partial charge in [0.25, 0.3) is 5.91 Å². The molecule has 0 bridgehead atoms. The van der Waals surface area contributed by atoms with Crippen molar-refractivity contribution >= 4 is 11.9 Å². The molecule has 1 N–H and O–H groups in total. The number of benzene rings is 2. The van der Waals surface area contributed by atoms with Crippen molar-refractivity contribution in [3.05, 3.63) is 65.7 Å². The van der Waals surface area contributed by atoms with E-state index in [0.29, 0.717) is 37.3 Å². The zero-order chi connectivity index (χ0) is 18.5. The predicted molar refractivity (Wildman–Crippen MR) is 98.1 cm³/mol. The average molecular weight is 353 g/mol. The highest BCUT2D eigenvalue weighted by Gasteiger charge is 2.35. The first-order chi connectivity index (χ1) is 12.6. The summed E-state index contributed by atoms with van der Waals surface area (Å²) in [6, 6.07) is 16.6. The minimum Gasteiger partial charge on any atom is -0.489 e. The monoisotopic (exact) mass is 353 g/mol. The van der Waals surface area contributed by atoms with Crippen LogP contribution in [0, 0.1) is 5.92 Å². The smallest absolute Gasteiger partial charge is 0.308 e. The van der Waals surface area contributed by atoms with E-state index in [2.05, 4.69) is 0 Å². The molecule has 0 aromatic heterocycles. The molecule has 0 saturated carbocycles. The summed E-state index contributed by atoms with van der Waals surface area (Å²) in [5.74, 6) is -0.868. The van der Waals surface area contributed by atoms with E-state index in [9.17, 15) is 14.7 Å². The van der Waals surface area contributed by atoms with Gasteiger partial charge < -0.3 is 14.7 Å². The fourth-order valence-corrected chi connectivity index (χ4v) is 3.39. The standard InChI is InChI=1S/C21H23NO4/c1-15-19(21(24)25)11-6-12-22(15)20(23)17-9-5-10-18(13-17)26-14-16-7-3-2-4-8-16/h2-5,7-10,13,15,19H,6,11-12,14H2,1H3,(H,24,25)/t15-,19-/m1/s1. The molecule has 5 heteroatoms. The number of carboxylic acids is 1. The number of amides is 1. The van der Waals surface area contributed by atoms with Crippen LogP contribution < -0.4 is 4.74 Å². The van der Waals surface area contributed by atoms with Crippen LogP contribution in [-0.4, -0.2) is 34.5 Å². The molecular formula is C21H23NO4. The number of hydrogen-bond donors (Lipinski definition) is 1. The molecule has 2 aromatic carbocycles. The van der Waals surface area contributed by atoms with Crippen LogP contribution in [-0.2, 0) is 11.4 Å². The summed E-state index contributed by atoms with van der Waals surface area (Å²) in [5.41, 5.74) is 1.58. The number of piperidine rings is 1. The lowest BCUT2D eigenvalue weighted by atomic mass is 9.90. The maximum atomic E-state index is 12.9. The van der Waals surface area contributed by atoms with Crippen LogP contribution in [0.5, 0.6) is 5.75 Å². The SMILES string of the molecule is C[C@@H]1[C@H](C(=O)O)CCCN1C(=O)c1cccc(OCc2ccccc2)c1. The zero-order valence-corrected chi connectivity index (χ0v) is 14.8. The van der Waals surface area contributed by atoms with Crippen molar-refractivity contribution < 1.29 is 19.4 Å². The molecule has 2 aromatic rings. The van der Waals surface area contributed by atoms with Crippen LogP contribution in [0.15, 0.2) is 54.6 Å². The van der Waals surface area contributed by atoms with E-state index >= 15 is 0 Å². The minimum atomic E-state index is -0.838. The van der Waals surface area contributed by atoms with E-state index in [-0.39, 0.29) is 11.9 Å². The molecule has 0 unspecified atom stereocenters. The molecule has 1 saturated heterocycles. The molecule has 26 heavy (non-hydrogen) atoms. The molecule has 0 aliphatic carbocycles. The van der Waals surface area contributed by atoms with Crippen molar-refractivity contribution in [1.82, 2.24) is 4.90 Å². The fourth-order valence-electron chi connectivity index (χ4n) is 3.39. The molecule has 1 aliphatic heterocycles. The number of nitrogens with zero attached hydrogens (tertiary/aromatic N) is 1. The van der Waals surface area contributed by atoms with Crippen LogP contribution in [0.1, 0.15) is 35.7 Å². The summed E-state index contributed by atoms with van der Waals surface area (Å²) in [4.78, 5) is 25.9. The summed E-state index contributed by atoms with van der Waals surface area (Å²) in [5, 5.41) is 9.34. The van der Waals surface area contributed by atoms with Crippen LogP contribution >= 0.6 is 0 Å². The molecule has 1 aliphatic rings. The van der Waals surface area contributed by atoms with Crippen molar-refractivity contribution in [3.8, 4) is 5.75 Å². The van der Waals surface area contributed by atoms with E-state index in [0.717, 1.165) is 5.56 Å². The molecular weight excluding hydrogens is 330 g/mol. The predicted octanol–water partition coefficient (Wildman–Crippen LogP) is 3.59. The fraction of sp³-hybridized carbons (Fsp3) is 0.333. The molecule has 1 fully saturated rings. The van der Waals surface area contributed by atoms with Gasteiger partial charge in [0.1, 0.15) is 12.4 Å². The molecule has 3 rings (SSSR count). The molecule has 0 spiro atoms. The molecule has 0 radical (unpaired) electrons. The molecule has 1 amide bonds. The maximum absolute atomic E-state index is 12.9. The van der Waals surface area contributed by atoms with E-state index in [1.807, 2.05) is 43.3 Å². The van der Waals surface area contributed by atoms with Gasteiger partial charge >= 0.3 is 5.97 Å². The van der Waals surface area contributed by atoms with E-state index in [4.69, 9.17) is 4.74 Å². The van der Waals surface area contributed by atoms with Crippen LogP contribution in [0.3, 0.4) is 0 Å². The van der Waals surface area contributed by atoms with Gasteiger partial charge in [-0.15, -0.1) is 0 Å². The highest BCUT2D eigenvalue weighted by Crippen LogP contribution is 2.26. The van der Waals surface area contributed by atoms with Gasteiger partial charge in [-0.1, -0.05) is 36.4 Å².